The van der Waals surface area contributed by atoms with E-state index in [2.05, 4.69) is 9.97 Å². The largest absolute Gasteiger partial charge is 0.492 e. The maximum Gasteiger partial charge on any atom is 0.338 e. The number of benzene rings is 1. The number of esters is 1. The van der Waals surface area contributed by atoms with Crippen LogP contribution >= 0.6 is 11.6 Å². The first-order chi connectivity index (χ1) is 14.4. The van der Waals surface area contributed by atoms with E-state index >= 15 is 0 Å². The number of carbonyl (C=O) groups excluding carboxylic acids is 1. The van der Waals surface area contributed by atoms with Gasteiger partial charge < -0.3 is 14.6 Å². The van der Waals surface area contributed by atoms with E-state index in [1.165, 1.54) is 18.2 Å². The molecule has 0 spiro atoms. The number of nitrogens with zero attached hydrogens (tertiary/aromatic N) is 2. The summed E-state index contributed by atoms with van der Waals surface area (Å²) in [7, 11) is -3.81. The molecule has 0 bridgehead atoms. The zero-order valence-corrected chi connectivity index (χ0v) is 18.9. The van der Waals surface area contributed by atoms with Gasteiger partial charge in [0, 0.05) is 18.8 Å². The number of carbonyl (C=O) groups is 2. The molecule has 0 unspecified atom stereocenters. The number of carboxylic acid groups (broad SMARTS) is 1. The zero-order chi connectivity index (χ0) is 23.2. The zero-order valence-electron chi connectivity index (χ0n) is 17.3. The van der Waals surface area contributed by atoms with E-state index in [0.717, 1.165) is 12.4 Å². The van der Waals surface area contributed by atoms with Gasteiger partial charge in [0.25, 0.3) is 0 Å². The summed E-state index contributed by atoms with van der Waals surface area (Å²) < 4.78 is 35.9. The van der Waals surface area contributed by atoms with Crippen molar-refractivity contribution in [3.8, 4) is 5.75 Å². The number of hydrogen-bond donors (Lipinski definition) is 1. The first-order valence-corrected chi connectivity index (χ1v) is 11.3. The molecule has 1 aromatic heterocycles. The summed E-state index contributed by atoms with van der Waals surface area (Å²) >= 11 is 6.15. The Bertz CT molecular complexity index is 1050. The van der Waals surface area contributed by atoms with Gasteiger partial charge in [-0.05, 0) is 45.4 Å². The average Bonchev–Trinajstić information content (AvgIpc) is 2.65. The molecule has 0 aliphatic carbocycles. The van der Waals surface area contributed by atoms with Crippen LogP contribution in [-0.2, 0) is 25.1 Å². The van der Waals surface area contributed by atoms with Gasteiger partial charge >= 0.3 is 11.9 Å². The number of aromatic carboxylic acids is 1. The fourth-order valence-electron chi connectivity index (χ4n) is 2.38. The predicted octanol–water partition coefficient (Wildman–Crippen LogP) is 3.30. The molecular formula is C20H23ClN2O7S. The second kappa shape index (κ2) is 10.1. The molecule has 0 aliphatic heterocycles. The summed E-state index contributed by atoms with van der Waals surface area (Å²) in [4.78, 5) is 30.0. The third-order valence-corrected chi connectivity index (χ3v) is 5.64. The second-order valence-corrected chi connectivity index (χ2v) is 9.98. The molecule has 2 aromatic rings. The van der Waals surface area contributed by atoms with Crippen LogP contribution in [0, 0.1) is 0 Å². The number of ether oxygens (including phenoxy) is 2. The van der Waals surface area contributed by atoms with Gasteiger partial charge in [-0.15, -0.1) is 0 Å². The Morgan fingerprint density at radius 1 is 1.16 bits per heavy atom. The molecule has 0 saturated carbocycles. The third kappa shape index (κ3) is 7.80. The maximum atomic E-state index is 12.6. The number of aromatic nitrogens is 2. The topological polar surface area (TPSA) is 133 Å². The molecule has 1 N–H and O–H groups in total. The van der Waals surface area contributed by atoms with Crippen molar-refractivity contribution in [1.82, 2.24) is 9.97 Å². The number of sulfone groups is 1. The lowest BCUT2D eigenvalue weighted by Gasteiger charge is -2.19. The van der Waals surface area contributed by atoms with Gasteiger partial charge in [0.15, 0.2) is 9.84 Å². The van der Waals surface area contributed by atoms with Crippen molar-refractivity contribution < 1.29 is 32.6 Å². The Morgan fingerprint density at radius 3 is 2.35 bits per heavy atom. The van der Waals surface area contributed by atoms with E-state index in [1.807, 2.05) is 0 Å². The van der Waals surface area contributed by atoms with Gasteiger partial charge in [-0.2, -0.15) is 0 Å². The van der Waals surface area contributed by atoms with Crippen LogP contribution in [0.3, 0.4) is 0 Å². The second-order valence-electron chi connectivity index (χ2n) is 7.58. The Kier molecular flexibility index (Phi) is 7.96. The van der Waals surface area contributed by atoms with E-state index in [4.69, 9.17) is 26.2 Å². The third-order valence-electron chi connectivity index (χ3n) is 3.74. The number of halogens is 1. The Hall–Kier alpha value is -2.72. The fourth-order valence-corrected chi connectivity index (χ4v) is 3.90. The SMILES string of the molecule is CC(C)(C)OC(=O)CCCOc1ccc(S(=O)(=O)Cc2ncc(C(=O)O)cn2)cc1Cl. The predicted molar refractivity (Wildman–Crippen MR) is 112 cm³/mol. The van der Waals surface area contributed by atoms with Gasteiger partial charge in [0.05, 0.1) is 22.1 Å². The minimum Gasteiger partial charge on any atom is -0.492 e. The molecule has 0 fully saturated rings. The van der Waals surface area contributed by atoms with Gasteiger partial charge in [-0.3, -0.25) is 4.79 Å². The van der Waals surface area contributed by atoms with Crippen molar-refractivity contribution in [2.45, 2.75) is 49.9 Å². The van der Waals surface area contributed by atoms with E-state index in [9.17, 15) is 18.0 Å². The highest BCUT2D eigenvalue weighted by Gasteiger charge is 2.20. The first kappa shape index (κ1) is 24.5. The van der Waals surface area contributed by atoms with Crippen molar-refractivity contribution >= 4 is 33.4 Å². The smallest absolute Gasteiger partial charge is 0.338 e. The van der Waals surface area contributed by atoms with E-state index in [0.29, 0.717) is 6.42 Å². The highest BCUT2D eigenvalue weighted by Crippen LogP contribution is 2.28. The Balaban J connectivity index is 1.96. The molecular weight excluding hydrogens is 448 g/mol. The van der Waals surface area contributed by atoms with Crippen molar-refractivity contribution in [3.63, 3.8) is 0 Å². The molecule has 9 nitrogen and oxygen atoms in total. The fraction of sp³-hybridized carbons (Fsp3) is 0.400. The van der Waals surface area contributed by atoms with Crippen LogP contribution in [0.5, 0.6) is 5.75 Å². The molecule has 0 amide bonds. The molecule has 0 atom stereocenters. The highest BCUT2D eigenvalue weighted by atomic mass is 35.5. The molecule has 0 aliphatic rings. The maximum absolute atomic E-state index is 12.6. The number of carboxylic acids is 1. The number of rotatable bonds is 9. The standard InChI is InChI=1S/C20H23ClN2O7S/c1-20(2,3)30-18(24)5-4-8-29-16-7-6-14(9-15(16)21)31(27,28)12-17-22-10-13(11-23-17)19(25)26/h6-7,9-11H,4-5,8,12H2,1-3H3,(H,25,26). The first-order valence-electron chi connectivity index (χ1n) is 9.28. The van der Waals surface area contributed by atoms with Gasteiger partial charge in [-0.25, -0.2) is 23.2 Å². The van der Waals surface area contributed by atoms with Crippen LogP contribution in [0.4, 0.5) is 0 Å². The van der Waals surface area contributed by atoms with Crippen LogP contribution in [0.15, 0.2) is 35.5 Å². The summed E-state index contributed by atoms with van der Waals surface area (Å²) in [5.41, 5.74) is -0.691. The Labute approximate surface area is 185 Å². The van der Waals surface area contributed by atoms with Crippen LogP contribution in [0.1, 0.15) is 49.8 Å². The normalized spacial score (nSPS) is 11.7. The van der Waals surface area contributed by atoms with Crippen LogP contribution < -0.4 is 4.74 Å². The summed E-state index contributed by atoms with van der Waals surface area (Å²) in [6.07, 6.45) is 2.68. The summed E-state index contributed by atoms with van der Waals surface area (Å²) in [5, 5.41) is 8.94. The molecule has 11 heteroatoms. The van der Waals surface area contributed by atoms with Crippen molar-refractivity contribution in [1.29, 1.82) is 0 Å². The van der Waals surface area contributed by atoms with E-state index in [1.54, 1.807) is 20.8 Å². The molecule has 0 radical (unpaired) electrons. The van der Waals surface area contributed by atoms with Crippen molar-refractivity contribution in [2.75, 3.05) is 6.61 Å². The minimum atomic E-state index is -3.81. The molecule has 168 valence electrons. The van der Waals surface area contributed by atoms with Crippen LogP contribution in [0.25, 0.3) is 0 Å². The molecule has 0 saturated heterocycles. The summed E-state index contributed by atoms with van der Waals surface area (Å²) in [6.45, 7) is 5.56. The van der Waals surface area contributed by atoms with Crippen molar-refractivity contribution in [3.05, 3.63) is 47.0 Å². The minimum absolute atomic E-state index is 0.0383. The summed E-state index contributed by atoms with van der Waals surface area (Å²) in [5.74, 6) is -1.81. The number of hydrogen-bond acceptors (Lipinski definition) is 8. The van der Waals surface area contributed by atoms with E-state index in [-0.39, 0.29) is 46.1 Å². The van der Waals surface area contributed by atoms with Gasteiger partial charge in [0.2, 0.25) is 0 Å². The quantitative estimate of drug-likeness (QED) is 0.432. The molecule has 1 heterocycles. The Morgan fingerprint density at radius 2 is 1.81 bits per heavy atom. The molecule has 2 rings (SSSR count). The average molecular weight is 471 g/mol. The molecule has 1 aromatic carbocycles. The van der Waals surface area contributed by atoms with E-state index < -0.39 is 27.2 Å². The molecule has 31 heavy (non-hydrogen) atoms. The lowest BCUT2D eigenvalue weighted by atomic mass is 10.2. The van der Waals surface area contributed by atoms with Crippen LogP contribution in [-0.4, -0.2) is 47.6 Å². The summed E-state index contributed by atoms with van der Waals surface area (Å²) in [6, 6.07) is 4.03. The van der Waals surface area contributed by atoms with Crippen LogP contribution in [0.2, 0.25) is 5.02 Å². The van der Waals surface area contributed by atoms with Gasteiger partial charge in [0.1, 0.15) is 22.9 Å². The van der Waals surface area contributed by atoms with Gasteiger partial charge in [-0.1, -0.05) is 11.6 Å². The highest BCUT2D eigenvalue weighted by molar-refractivity contribution is 7.90. The van der Waals surface area contributed by atoms with Crippen molar-refractivity contribution in [2.24, 2.45) is 0 Å². The lowest BCUT2D eigenvalue weighted by molar-refractivity contribution is -0.155. The monoisotopic (exact) mass is 470 g/mol. The lowest BCUT2D eigenvalue weighted by Crippen LogP contribution is -2.23.